The van der Waals surface area contributed by atoms with E-state index in [1.807, 2.05) is 12.1 Å². The van der Waals surface area contributed by atoms with E-state index >= 15 is 0 Å². The molecule has 1 saturated heterocycles. The molecule has 1 atom stereocenters. The van der Waals surface area contributed by atoms with Gasteiger partial charge in [0.2, 0.25) is 0 Å². The molecule has 4 heteroatoms. The maximum atomic E-state index is 7.28. The zero-order chi connectivity index (χ0) is 10.8. The van der Waals surface area contributed by atoms with Crippen LogP contribution in [-0.4, -0.2) is 23.4 Å². The molecule has 2 heterocycles. The van der Waals surface area contributed by atoms with E-state index in [9.17, 15) is 0 Å². The van der Waals surface area contributed by atoms with Gasteiger partial charge in [-0.3, -0.25) is 5.41 Å². The molecule has 0 aromatic carbocycles. The lowest BCUT2D eigenvalue weighted by Gasteiger charge is -2.22. The molecule has 15 heavy (non-hydrogen) atoms. The quantitative estimate of drug-likeness (QED) is 0.564. The van der Waals surface area contributed by atoms with Gasteiger partial charge in [0.25, 0.3) is 0 Å². The number of hydrogen-bond donors (Lipinski definition) is 2. The Hall–Kier alpha value is -1.58. The summed E-state index contributed by atoms with van der Waals surface area (Å²) in [6, 6.07) is 4.37. The van der Waals surface area contributed by atoms with Crippen LogP contribution in [0, 0.1) is 5.41 Å². The largest absolute Gasteiger partial charge is 0.384 e. The average molecular weight is 204 g/mol. The third kappa shape index (κ3) is 1.93. The van der Waals surface area contributed by atoms with E-state index in [1.54, 1.807) is 6.20 Å². The summed E-state index contributed by atoms with van der Waals surface area (Å²) in [6.45, 7) is 3.29. The summed E-state index contributed by atoms with van der Waals surface area (Å²) >= 11 is 0. The molecule has 2 rings (SSSR count). The second kappa shape index (κ2) is 3.88. The summed E-state index contributed by atoms with van der Waals surface area (Å²) in [5.74, 6) is 1.06. The van der Waals surface area contributed by atoms with E-state index in [2.05, 4.69) is 16.8 Å². The van der Waals surface area contributed by atoms with Crippen LogP contribution in [0.15, 0.2) is 18.3 Å². The summed E-state index contributed by atoms with van der Waals surface area (Å²) in [5.41, 5.74) is 6.06. The van der Waals surface area contributed by atoms with Gasteiger partial charge in [-0.1, -0.05) is 0 Å². The van der Waals surface area contributed by atoms with Gasteiger partial charge in [-0.15, -0.1) is 0 Å². The van der Waals surface area contributed by atoms with Crippen LogP contribution in [0.3, 0.4) is 0 Å². The number of nitrogens with two attached hydrogens (primary N) is 1. The molecular formula is C11H16N4. The first-order valence-corrected chi connectivity index (χ1v) is 5.25. The van der Waals surface area contributed by atoms with Crippen molar-refractivity contribution in [2.75, 3.05) is 11.4 Å². The normalized spacial score (nSPS) is 20.6. The molecule has 0 radical (unpaired) electrons. The molecule has 0 amide bonds. The third-order valence-corrected chi connectivity index (χ3v) is 2.91. The van der Waals surface area contributed by atoms with Gasteiger partial charge in [-0.25, -0.2) is 4.98 Å². The van der Waals surface area contributed by atoms with Gasteiger partial charge < -0.3 is 10.6 Å². The standard InChI is InChI=1S/C11H16N4/c1-8-3-2-6-15(8)10-5-4-9(7-14-10)11(12)13/h4-5,7-8H,2-3,6H2,1H3,(H3,12,13). The first-order chi connectivity index (χ1) is 7.18. The first-order valence-electron chi connectivity index (χ1n) is 5.25. The van der Waals surface area contributed by atoms with Crippen LogP contribution in [0.25, 0.3) is 0 Å². The van der Waals surface area contributed by atoms with Crippen LogP contribution in [0.2, 0.25) is 0 Å². The molecule has 0 aliphatic carbocycles. The number of amidine groups is 1. The Kier molecular flexibility index (Phi) is 2.58. The number of pyridine rings is 1. The molecule has 80 valence electrons. The van der Waals surface area contributed by atoms with Crippen molar-refractivity contribution in [1.29, 1.82) is 5.41 Å². The topological polar surface area (TPSA) is 66.0 Å². The van der Waals surface area contributed by atoms with Crippen molar-refractivity contribution in [2.45, 2.75) is 25.8 Å². The fourth-order valence-electron chi connectivity index (χ4n) is 1.99. The van der Waals surface area contributed by atoms with Crippen molar-refractivity contribution in [3.05, 3.63) is 23.9 Å². The fourth-order valence-corrected chi connectivity index (χ4v) is 1.99. The van der Waals surface area contributed by atoms with Crippen LogP contribution < -0.4 is 10.6 Å². The molecule has 1 unspecified atom stereocenters. The van der Waals surface area contributed by atoms with E-state index < -0.39 is 0 Å². The van der Waals surface area contributed by atoms with Crippen LogP contribution >= 0.6 is 0 Å². The molecule has 0 spiro atoms. The summed E-state index contributed by atoms with van der Waals surface area (Å²) in [7, 11) is 0. The zero-order valence-corrected chi connectivity index (χ0v) is 8.90. The monoisotopic (exact) mass is 204 g/mol. The minimum absolute atomic E-state index is 0.0727. The Bertz CT molecular complexity index is 357. The molecule has 1 aliphatic heterocycles. The second-order valence-corrected chi connectivity index (χ2v) is 4.00. The number of nitrogen functional groups attached to an aromatic ring is 1. The summed E-state index contributed by atoms with van der Waals surface area (Å²) in [4.78, 5) is 6.63. The highest BCUT2D eigenvalue weighted by Gasteiger charge is 2.21. The minimum Gasteiger partial charge on any atom is -0.384 e. The lowest BCUT2D eigenvalue weighted by Crippen LogP contribution is -2.27. The highest BCUT2D eigenvalue weighted by Crippen LogP contribution is 2.23. The average Bonchev–Trinajstić information content (AvgIpc) is 2.65. The predicted octanol–water partition coefficient (Wildman–Crippen LogP) is 1.35. The number of nitrogens with zero attached hydrogens (tertiary/aromatic N) is 2. The van der Waals surface area contributed by atoms with Crippen LogP contribution in [-0.2, 0) is 0 Å². The molecule has 0 saturated carbocycles. The third-order valence-electron chi connectivity index (χ3n) is 2.91. The highest BCUT2D eigenvalue weighted by molar-refractivity contribution is 5.94. The Morgan fingerprint density at radius 3 is 2.87 bits per heavy atom. The van der Waals surface area contributed by atoms with E-state index in [0.29, 0.717) is 11.6 Å². The molecule has 1 aromatic rings. The number of anilines is 1. The summed E-state index contributed by atoms with van der Waals surface area (Å²) in [5, 5.41) is 7.28. The van der Waals surface area contributed by atoms with E-state index in [4.69, 9.17) is 11.1 Å². The van der Waals surface area contributed by atoms with Crippen LogP contribution in [0.4, 0.5) is 5.82 Å². The molecular weight excluding hydrogens is 188 g/mol. The first kappa shape index (κ1) is 9.96. The van der Waals surface area contributed by atoms with Crippen LogP contribution in [0.1, 0.15) is 25.3 Å². The van der Waals surface area contributed by atoms with E-state index in [1.165, 1.54) is 12.8 Å². The highest BCUT2D eigenvalue weighted by atomic mass is 15.2. The predicted molar refractivity (Wildman–Crippen MR) is 61.3 cm³/mol. The van der Waals surface area contributed by atoms with Gasteiger partial charge in [0.05, 0.1) is 0 Å². The van der Waals surface area contributed by atoms with Crippen molar-refractivity contribution < 1.29 is 0 Å². The van der Waals surface area contributed by atoms with Gasteiger partial charge in [0.1, 0.15) is 11.7 Å². The van der Waals surface area contributed by atoms with Gasteiger partial charge in [0, 0.05) is 24.3 Å². The van der Waals surface area contributed by atoms with Gasteiger partial charge in [-0.05, 0) is 31.9 Å². The Labute approximate surface area is 89.6 Å². The molecule has 1 aromatic heterocycles. The van der Waals surface area contributed by atoms with Crippen molar-refractivity contribution in [1.82, 2.24) is 4.98 Å². The number of nitrogens with one attached hydrogen (secondary N) is 1. The van der Waals surface area contributed by atoms with E-state index in [-0.39, 0.29) is 5.84 Å². The molecule has 3 N–H and O–H groups in total. The Morgan fingerprint density at radius 1 is 1.60 bits per heavy atom. The van der Waals surface area contributed by atoms with Crippen molar-refractivity contribution >= 4 is 11.7 Å². The summed E-state index contributed by atoms with van der Waals surface area (Å²) in [6.07, 6.45) is 4.14. The Morgan fingerprint density at radius 2 is 2.40 bits per heavy atom. The van der Waals surface area contributed by atoms with Gasteiger partial charge in [-0.2, -0.15) is 0 Å². The van der Waals surface area contributed by atoms with Gasteiger partial charge in [0.15, 0.2) is 0 Å². The Balaban J connectivity index is 2.19. The van der Waals surface area contributed by atoms with E-state index in [0.717, 1.165) is 12.4 Å². The van der Waals surface area contributed by atoms with Crippen LogP contribution in [0.5, 0.6) is 0 Å². The lowest BCUT2D eigenvalue weighted by molar-refractivity contribution is 0.727. The molecule has 4 nitrogen and oxygen atoms in total. The van der Waals surface area contributed by atoms with Crippen molar-refractivity contribution in [3.63, 3.8) is 0 Å². The van der Waals surface area contributed by atoms with Crippen molar-refractivity contribution in [3.8, 4) is 0 Å². The lowest BCUT2D eigenvalue weighted by atomic mass is 10.2. The maximum Gasteiger partial charge on any atom is 0.128 e. The summed E-state index contributed by atoms with van der Waals surface area (Å²) < 4.78 is 0. The molecule has 0 bridgehead atoms. The molecule has 1 aliphatic rings. The minimum atomic E-state index is 0.0727. The fraction of sp³-hybridized carbons (Fsp3) is 0.455. The number of rotatable bonds is 2. The zero-order valence-electron chi connectivity index (χ0n) is 8.90. The number of aromatic nitrogens is 1. The smallest absolute Gasteiger partial charge is 0.128 e. The molecule has 1 fully saturated rings. The SMILES string of the molecule is CC1CCCN1c1ccc(C(=N)N)cn1. The van der Waals surface area contributed by atoms with Crippen molar-refractivity contribution in [2.24, 2.45) is 5.73 Å². The second-order valence-electron chi connectivity index (χ2n) is 4.00. The number of hydrogen-bond acceptors (Lipinski definition) is 3. The maximum absolute atomic E-state index is 7.28. The van der Waals surface area contributed by atoms with Gasteiger partial charge >= 0.3 is 0 Å².